The highest BCUT2D eigenvalue weighted by atomic mass is 79.9. The van der Waals surface area contributed by atoms with E-state index in [9.17, 15) is 19.8 Å². The first kappa shape index (κ1) is 22.5. The summed E-state index contributed by atoms with van der Waals surface area (Å²) in [6.07, 6.45) is 10.5. The molecule has 2 N–H and O–H groups in total. The van der Waals surface area contributed by atoms with Crippen LogP contribution in [-0.4, -0.2) is 42.8 Å². The molecular formula is C22H24BrN3O5S. The molecule has 2 aliphatic heterocycles. The van der Waals surface area contributed by atoms with Crippen molar-refractivity contribution >= 4 is 42.6 Å². The first-order valence-corrected chi connectivity index (χ1v) is 12.7. The average Bonchev–Trinajstić information content (AvgIpc) is 3.18. The van der Waals surface area contributed by atoms with Crippen molar-refractivity contribution in [1.82, 2.24) is 9.29 Å². The normalized spacial score (nSPS) is 19.8. The van der Waals surface area contributed by atoms with Crippen molar-refractivity contribution in [2.24, 2.45) is 0 Å². The van der Waals surface area contributed by atoms with Gasteiger partial charge in [-0.15, -0.1) is 0 Å². The largest absolute Gasteiger partial charge is 0.490 e. The molecule has 32 heavy (non-hydrogen) atoms. The van der Waals surface area contributed by atoms with Gasteiger partial charge in [0.15, 0.2) is 0 Å². The molecule has 0 saturated carbocycles. The predicted octanol–water partition coefficient (Wildman–Crippen LogP) is 5.99. The monoisotopic (exact) mass is 521 g/mol. The minimum atomic E-state index is -3.35. The van der Waals surface area contributed by atoms with Gasteiger partial charge in [-0.05, 0) is 68.0 Å². The summed E-state index contributed by atoms with van der Waals surface area (Å²) in [6, 6.07) is 9.25. The molecule has 1 aromatic heterocycles. The Morgan fingerprint density at radius 2 is 1.88 bits per heavy atom. The van der Waals surface area contributed by atoms with Crippen molar-refractivity contribution in [3.05, 3.63) is 65.2 Å². The number of hydrogen-bond donors (Lipinski definition) is 2. The highest BCUT2D eigenvalue weighted by Crippen LogP contribution is 2.61. The summed E-state index contributed by atoms with van der Waals surface area (Å²) in [4.78, 5) is 28.5. The lowest BCUT2D eigenvalue weighted by Gasteiger charge is -2.42. The molecule has 8 nitrogen and oxygen atoms in total. The first-order valence-electron chi connectivity index (χ1n) is 10.3. The van der Waals surface area contributed by atoms with Gasteiger partial charge in [-0.1, -0.05) is 15.9 Å². The number of aryl methyl sites for hydroxylation is 1. The number of anilines is 1. The van der Waals surface area contributed by atoms with Gasteiger partial charge in [-0.25, -0.2) is 9.59 Å². The summed E-state index contributed by atoms with van der Waals surface area (Å²) in [5.74, 6) is 0.917. The minimum absolute atomic E-state index is 0.113. The molecule has 1 atom stereocenters. The third-order valence-electron chi connectivity index (χ3n) is 5.60. The maximum atomic E-state index is 12.3. The lowest BCUT2D eigenvalue weighted by atomic mass is 9.99. The zero-order valence-corrected chi connectivity index (χ0v) is 19.7. The Morgan fingerprint density at radius 3 is 2.59 bits per heavy atom. The molecule has 1 aromatic carbocycles. The molecule has 2 aliphatic rings. The van der Waals surface area contributed by atoms with Crippen molar-refractivity contribution in [2.45, 2.75) is 38.2 Å². The molecule has 4 rings (SSSR count). The number of aromatic nitrogens is 1. The van der Waals surface area contributed by atoms with E-state index < -0.39 is 21.0 Å². The van der Waals surface area contributed by atoms with Gasteiger partial charge in [0.1, 0.15) is 16.1 Å². The SMILES string of the molecule is O=C(O)S1(C(=O)O)N(CCCCC2CCc3cc(Br)ccc3O2)C=CN1c1ccncc1. The molecule has 0 bridgehead atoms. The Balaban J connectivity index is 1.38. The van der Waals surface area contributed by atoms with Crippen molar-refractivity contribution in [3.63, 3.8) is 0 Å². The lowest BCUT2D eigenvalue weighted by Crippen LogP contribution is -2.39. The van der Waals surface area contributed by atoms with Gasteiger partial charge in [0.05, 0.1) is 11.8 Å². The highest BCUT2D eigenvalue weighted by Gasteiger charge is 2.53. The third kappa shape index (κ3) is 4.16. The van der Waals surface area contributed by atoms with Crippen LogP contribution >= 0.6 is 26.3 Å². The summed E-state index contributed by atoms with van der Waals surface area (Å²) in [5, 5.41) is 17.3. The Kier molecular flexibility index (Phi) is 6.61. The molecule has 0 spiro atoms. The summed E-state index contributed by atoms with van der Waals surface area (Å²) < 4.78 is 9.96. The molecule has 170 valence electrons. The third-order valence-corrected chi connectivity index (χ3v) is 8.96. The van der Waals surface area contributed by atoms with Gasteiger partial charge in [0, 0.05) is 35.8 Å². The van der Waals surface area contributed by atoms with Crippen LogP contribution in [0.5, 0.6) is 5.75 Å². The molecule has 0 aliphatic carbocycles. The van der Waals surface area contributed by atoms with Crippen LogP contribution in [0.4, 0.5) is 15.3 Å². The van der Waals surface area contributed by atoms with Crippen LogP contribution in [0.15, 0.2) is 59.6 Å². The summed E-state index contributed by atoms with van der Waals surface area (Å²) in [6.45, 7) is 0.336. The molecular weight excluding hydrogens is 498 g/mol. The predicted molar refractivity (Wildman–Crippen MR) is 127 cm³/mol. The number of halogens is 1. The Morgan fingerprint density at radius 1 is 1.12 bits per heavy atom. The lowest BCUT2D eigenvalue weighted by molar-refractivity contribution is 0.160. The van der Waals surface area contributed by atoms with E-state index in [4.69, 9.17) is 4.74 Å². The number of benzene rings is 1. The second-order valence-electron chi connectivity index (χ2n) is 7.58. The minimum Gasteiger partial charge on any atom is -0.490 e. The van der Waals surface area contributed by atoms with E-state index in [0.717, 1.165) is 35.9 Å². The second-order valence-corrected chi connectivity index (χ2v) is 11.2. The summed E-state index contributed by atoms with van der Waals surface area (Å²) in [5.41, 5.74) is 1.68. The van der Waals surface area contributed by atoms with Gasteiger partial charge in [0.25, 0.3) is 0 Å². The fourth-order valence-corrected chi connectivity index (χ4v) is 6.86. The standard InChI is InChI=1S/C22H24BrN3O5S/c23-17-5-7-20-16(15-17)4-6-19(31-20)3-1-2-12-25-13-14-26(18-8-10-24-11-9-18)32(25,21(27)28)22(29)30/h5,7-11,13-15,19H,1-4,6,12H2,(H,27,28)(H,29,30). The fourth-order valence-electron chi connectivity index (χ4n) is 4.06. The van der Waals surface area contributed by atoms with E-state index in [1.165, 1.54) is 32.8 Å². The number of ether oxygens (including phenoxy) is 1. The summed E-state index contributed by atoms with van der Waals surface area (Å²) >= 11 is 3.48. The van der Waals surface area contributed by atoms with Crippen molar-refractivity contribution < 1.29 is 24.5 Å². The number of carbonyl (C=O) groups is 2. The second kappa shape index (κ2) is 9.41. The maximum Gasteiger partial charge on any atom is 0.393 e. The molecule has 0 saturated heterocycles. The number of unbranched alkanes of at least 4 members (excludes halogenated alkanes) is 1. The van der Waals surface area contributed by atoms with E-state index >= 15 is 0 Å². The van der Waals surface area contributed by atoms with Gasteiger partial charge in [-0.3, -0.25) is 9.29 Å². The quantitative estimate of drug-likeness (QED) is 0.446. The molecule has 3 heterocycles. The molecule has 0 amide bonds. The van der Waals surface area contributed by atoms with Crippen molar-refractivity contribution in [3.8, 4) is 5.75 Å². The van der Waals surface area contributed by atoms with Crippen LogP contribution in [0.1, 0.15) is 31.2 Å². The average molecular weight is 522 g/mol. The number of nitrogens with zero attached hydrogens (tertiary/aromatic N) is 3. The molecule has 0 radical (unpaired) electrons. The van der Waals surface area contributed by atoms with Gasteiger partial charge in [0.2, 0.25) is 0 Å². The summed E-state index contributed by atoms with van der Waals surface area (Å²) in [7, 11) is -3.35. The van der Waals surface area contributed by atoms with E-state index in [0.29, 0.717) is 18.7 Å². The van der Waals surface area contributed by atoms with E-state index in [1.807, 2.05) is 12.1 Å². The first-order chi connectivity index (χ1) is 15.4. The molecule has 1 unspecified atom stereocenters. The van der Waals surface area contributed by atoms with Crippen molar-refractivity contribution in [2.75, 3.05) is 10.8 Å². The number of carboxylic acid groups (broad SMARTS) is 2. The molecule has 0 fully saturated rings. The number of pyridine rings is 1. The molecule has 2 aromatic rings. The van der Waals surface area contributed by atoms with Gasteiger partial charge in [-0.2, -0.15) is 0 Å². The van der Waals surface area contributed by atoms with Crippen molar-refractivity contribution in [1.29, 1.82) is 0 Å². The van der Waals surface area contributed by atoms with E-state index in [-0.39, 0.29) is 6.10 Å². The number of hydrogen-bond acceptors (Lipinski definition) is 6. The maximum absolute atomic E-state index is 12.3. The Labute approximate surface area is 196 Å². The van der Waals surface area contributed by atoms with Gasteiger partial charge < -0.3 is 19.3 Å². The molecule has 10 heteroatoms. The number of rotatable bonds is 6. The Bertz CT molecular complexity index is 1020. The van der Waals surface area contributed by atoms with Crippen LogP contribution in [0.2, 0.25) is 0 Å². The topological polar surface area (TPSA) is 103 Å². The van der Waals surface area contributed by atoms with Crippen LogP contribution in [0.3, 0.4) is 0 Å². The van der Waals surface area contributed by atoms with Gasteiger partial charge >= 0.3 is 10.6 Å². The van der Waals surface area contributed by atoms with Crippen LogP contribution in [0, 0.1) is 0 Å². The van der Waals surface area contributed by atoms with Crippen LogP contribution in [-0.2, 0) is 6.42 Å². The van der Waals surface area contributed by atoms with Crippen LogP contribution in [0.25, 0.3) is 0 Å². The smallest absolute Gasteiger partial charge is 0.393 e. The van der Waals surface area contributed by atoms with E-state index in [2.05, 4.69) is 27.0 Å². The van der Waals surface area contributed by atoms with Crippen LogP contribution < -0.4 is 9.04 Å². The Hall–Kier alpha value is -2.72. The zero-order chi connectivity index (χ0) is 22.7. The van der Waals surface area contributed by atoms with E-state index in [1.54, 1.807) is 18.3 Å². The fraction of sp³-hybridized carbons (Fsp3) is 0.318. The zero-order valence-electron chi connectivity index (χ0n) is 17.3. The number of fused-ring (bicyclic) bond motifs is 1. The highest BCUT2D eigenvalue weighted by molar-refractivity contribution is 9.10.